The Hall–Kier alpha value is -1.69. The van der Waals surface area contributed by atoms with Crippen LogP contribution in [0, 0.1) is 0 Å². The molecular weight excluding hydrogens is 252 g/mol. The van der Waals surface area contributed by atoms with Crippen molar-refractivity contribution < 1.29 is 0 Å². The lowest BCUT2D eigenvalue weighted by Gasteiger charge is -2.12. The molecule has 0 atom stereocenters. The third-order valence-corrected chi connectivity index (χ3v) is 3.62. The molecule has 6 nitrogen and oxygen atoms in total. The fraction of sp³-hybridized carbons (Fsp3) is 0.643. The molecule has 110 valence electrons. The number of nitrogens with one attached hydrogen (secondary N) is 1. The average molecular weight is 276 g/mol. The first kappa shape index (κ1) is 14.7. The molecule has 6 heteroatoms. The van der Waals surface area contributed by atoms with Crippen LogP contribution in [0.5, 0.6) is 0 Å². The summed E-state index contributed by atoms with van der Waals surface area (Å²) in [6.45, 7) is 6.08. The van der Waals surface area contributed by atoms with E-state index in [2.05, 4.69) is 51.4 Å². The van der Waals surface area contributed by atoms with Gasteiger partial charge in [-0.2, -0.15) is 5.10 Å². The lowest BCUT2D eigenvalue weighted by Crippen LogP contribution is -2.19. The molecule has 2 aromatic heterocycles. The second-order valence-corrected chi connectivity index (χ2v) is 5.04. The van der Waals surface area contributed by atoms with E-state index in [0.717, 1.165) is 43.9 Å². The van der Waals surface area contributed by atoms with Crippen molar-refractivity contribution in [2.45, 2.75) is 45.7 Å². The first-order chi connectivity index (χ1) is 9.74. The van der Waals surface area contributed by atoms with Crippen LogP contribution in [0.4, 0.5) is 0 Å². The van der Waals surface area contributed by atoms with Gasteiger partial charge in [-0.25, -0.2) is 0 Å². The molecule has 2 heterocycles. The van der Waals surface area contributed by atoms with Gasteiger partial charge in [0, 0.05) is 32.8 Å². The highest BCUT2D eigenvalue weighted by molar-refractivity contribution is 4.99. The number of nitrogens with zero attached hydrogens (tertiary/aromatic N) is 5. The molecule has 0 saturated carbocycles. The Morgan fingerprint density at radius 1 is 1.30 bits per heavy atom. The quantitative estimate of drug-likeness (QED) is 0.746. The smallest absolute Gasteiger partial charge is 0.133 e. The van der Waals surface area contributed by atoms with E-state index in [-0.39, 0.29) is 0 Å². The van der Waals surface area contributed by atoms with Gasteiger partial charge in [0.15, 0.2) is 0 Å². The van der Waals surface area contributed by atoms with Crippen molar-refractivity contribution in [1.29, 1.82) is 0 Å². The lowest BCUT2D eigenvalue weighted by atomic mass is 10.2. The Morgan fingerprint density at radius 2 is 2.10 bits per heavy atom. The predicted molar refractivity (Wildman–Crippen MR) is 78.3 cm³/mol. The molecule has 0 amide bonds. The van der Waals surface area contributed by atoms with E-state index in [1.54, 1.807) is 6.33 Å². The minimum absolute atomic E-state index is 0.516. The number of aromatic nitrogens is 5. The molecule has 20 heavy (non-hydrogen) atoms. The van der Waals surface area contributed by atoms with Crippen LogP contribution in [0.2, 0.25) is 0 Å². The Kier molecular flexibility index (Phi) is 5.29. The van der Waals surface area contributed by atoms with Crippen LogP contribution >= 0.6 is 0 Å². The Bertz CT molecular complexity index is 511. The summed E-state index contributed by atoms with van der Waals surface area (Å²) in [6.07, 6.45) is 6.93. The van der Waals surface area contributed by atoms with Gasteiger partial charge in [-0.3, -0.25) is 4.68 Å². The van der Waals surface area contributed by atoms with Crippen molar-refractivity contribution in [2.24, 2.45) is 7.05 Å². The number of hydrogen-bond acceptors (Lipinski definition) is 4. The molecule has 0 saturated heterocycles. The predicted octanol–water partition coefficient (Wildman–Crippen LogP) is 1.70. The van der Waals surface area contributed by atoms with Crippen LogP contribution in [0.3, 0.4) is 0 Å². The maximum absolute atomic E-state index is 4.63. The highest BCUT2D eigenvalue weighted by Gasteiger charge is 2.07. The Morgan fingerprint density at radius 3 is 2.75 bits per heavy atom. The van der Waals surface area contributed by atoms with Crippen molar-refractivity contribution in [3.05, 3.63) is 30.1 Å². The van der Waals surface area contributed by atoms with Gasteiger partial charge in [0.05, 0.1) is 11.7 Å². The molecular formula is C14H24N6. The number of rotatable bonds is 8. The molecule has 0 aromatic carbocycles. The standard InChI is InChI=1S/C14H24N6/c1-4-13(5-2)20-9-7-12(18-20)10-15-8-6-14-17-16-11-19(14)3/h7,9,11,13,15H,4-6,8,10H2,1-3H3. The van der Waals surface area contributed by atoms with E-state index in [4.69, 9.17) is 0 Å². The molecule has 2 aromatic rings. The minimum atomic E-state index is 0.516. The maximum Gasteiger partial charge on any atom is 0.133 e. The zero-order valence-corrected chi connectivity index (χ0v) is 12.6. The number of hydrogen-bond donors (Lipinski definition) is 1. The van der Waals surface area contributed by atoms with Crippen molar-refractivity contribution in [3.63, 3.8) is 0 Å². The zero-order chi connectivity index (χ0) is 14.4. The molecule has 0 fully saturated rings. The maximum atomic E-state index is 4.63. The Balaban J connectivity index is 1.76. The summed E-state index contributed by atoms with van der Waals surface area (Å²) in [5, 5.41) is 16.0. The summed E-state index contributed by atoms with van der Waals surface area (Å²) in [7, 11) is 1.96. The van der Waals surface area contributed by atoms with E-state index >= 15 is 0 Å². The minimum Gasteiger partial charge on any atom is -0.321 e. The van der Waals surface area contributed by atoms with Crippen LogP contribution in [-0.4, -0.2) is 31.1 Å². The fourth-order valence-electron chi connectivity index (χ4n) is 2.29. The fourth-order valence-corrected chi connectivity index (χ4v) is 2.29. The van der Waals surface area contributed by atoms with Crippen LogP contribution in [0.25, 0.3) is 0 Å². The first-order valence-corrected chi connectivity index (χ1v) is 7.32. The average Bonchev–Trinajstić information content (AvgIpc) is 3.06. The van der Waals surface area contributed by atoms with Crippen molar-refractivity contribution >= 4 is 0 Å². The first-order valence-electron chi connectivity index (χ1n) is 7.32. The largest absolute Gasteiger partial charge is 0.321 e. The Labute approximate surface area is 120 Å². The summed E-state index contributed by atoms with van der Waals surface area (Å²) in [5.74, 6) is 1.00. The van der Waals surface area contributed by atoms with E-state index in [9.17, 15) is 0 Å². The van der Waals surface area contributed by atoms with E-state index < -0.39 is 0 Å². The van der Waals surface area contributed by atoms with Gasteiger partial charge in [0.25, 0.3) is 0 Å². The molecule has 0 bridgehead atoms. The summed E-state index contributed by atoms with van der Waals surface area (Å²) in [4.78, 5) is 0. The lowest BCUT2D eigenvalue weighted by molar-refractivity contribution is 0.424. The third-order valence-electron chi connectivity index (χ3n) is 3.62. The van der Waals surface area contributed by atoms with Crippen LogP contribution < -0.4 is 5.32 Å². The molecule has 0 unspecified atom stereocenters. The second kappa shape index (κ2) is 7.19. The summed E-state index contributed by atoms with van der Waals surface area (Å²) in [5.41, 5.74) is 1.09. The molecule has 0 radical (unpaired) electrons. The zero-order valence-electron chi connectivity index (χ0n) is 12.6. The van der Waals surface area contributed by atoms with Gasteiger partial charge in [-0.15, -0.1) is 10.2 Å². The molecule has 2 rings (SSSR count). The van der Waals surface area contributed by atoms with Crippen LogP contribution in [0.1, 0.15) is 44.2 Å². The highest BCUT2D eigenvalue weighted by atomic mass is 15.3. The van der Waals surface area contributed by atoms with Gasteiger partial charge in [0.1, 0.15) is 12.2 Å². The highest BCUT2D eigenvalue weighted by Crippen LogP contribution is 2.14. The van der Waals surface area contributed by atoms with E-state index in [0.29, 0.717) is 6.04 Å². The molecule has 0 spiro atoms. The van der Waals surface area contributed by atoms with Gasteiger partial charge in [0.2, 0.25) is 0 Å². The van der Waals surface area contributed by atoms with E-state index in [1.807, 2.05) is 11.6 Å². The van der Waals surface area contributed by atoms with Gasteiger partial charge in [-0.1, -0.05) is 13.8 Å². The van der Waals surface area contributed by atoms with Gasteiger partial charge in [-0.05, 0) is 18.9 Å². The second-order valence-electron chi connectivity index (χ2n) is 5.04. The van der Waals surface area contributed by atoms with Gasteiger partial charge >= 0.3 is 0 Å². The molecule has 0 aliphatic rings. The molecule has 0 aliphatic heterocycles. The molecule has 1 N–H and O–H groups in total. The van der Waals surface area contributed by atoms with Crippen LogP contribution in [-0.2, 0) is 20.0 Å². The van der Waals surface area contributed by atoms with Crippen LogP contribution in [0.15, 0.2) is 18.6 Å². The van der Waals surface area contributed by atoms with E-state index in [1.165, 1.54) is 0 Å². The summed E-state index contributed by atoms with van der Waals surface area (Å²) in [6, 6.07) is 2.61. The van der Waals surface area contributed by atoms with Crippen molar-refractivity contribution in [1.82, 2.24) is 29.9 Å². The topological polar surface area (TPSA) is 60.6 Å². The SMILES string of the molecule is CCC(CC)n1ccc(CNCCc2nncn2C)n1. The number of aryl methyl sites for hydroxylation is 1. The monoisotopic (exact) mass is 276 g/mol. The van der Waals surface area contributed by atoms with Crippen molar-refractivity contribution in [3.8, 4) is 0 Å². The summed E-state index contributed by atoms with van der Waals surface area (Å²) < 4.78 is 4.03. The van der Waals surface area contributed by atoms with Crippen molar-refractivity contribution in [2.75, 3.05) is 6.54 Å². The molecule has 0 aliphatic carbocycles. The normalized spacial score (nSPS) is 11.4. The van der Waals surface area contributed by atoms with Gasteiger partial charge < -0.3 is 9.88 Å². The third kappa shape index (κ3) is 3.66. The summed E-state index contributed by atoms with van der Waals surface area (Å²) >= 11 is 0.